The van der Waals surface area contributed by atoms with E-state index in [4.69, 9.17) is 14.2 Å². The van der Waals surface area contributed by atoms with Gasteiger partial charge in [0.2, 0.25) is 5.88 Å². The van der Waals surface area contributed by atoms with Crippen LogP contribution in [0.3, 0.4) is 0 Å². The molecule has 0 saturated heterocycles. The predicted octanol–water partition coefficient (Wildman–Crippen LogP) is 1.16. The third-order valence-corrected chi connectivity index (χ3v) is 5.10. The first-order chi connectivity index (χ1) is 11.8. The van der Waals surface area contributed by atoms with Crippen LogP contribution in [-0.2, 0) is 14.1 Å². The molecular weight excluding hydrogens is 324 g/mol. The molecule has 0 spiro atoms. The number of hydrogen-bond donors (Lipinski definition) is 0. The molecule has 132 valence electrons. The summed E-state index contributed by atoms with van der Waals surface area (Å²) in [6.45, 7) is 2.28. The molecule has 0 aliphatic carbocycles. The zero-order valence-electron chi connectivity index (χ0n) is 14.7. The van der Waals surface area contributed by atoms with Crippen LogP contribution in [0.1, 0.15) is 30.4 Å². The maximum atomic E-state index is 12.9. The Morgan fingerprint density at radius 2 is 2.00 bits per heavy atom. The van der Waals surface area contributed by atoms with Gasteiger partial charge in [-0.2, -0.15) is 0 Å². The Kier molecular flexibility index (Phi) is 3.25. The minimum Gasteiger partial charge on any atom is -0.497 e. The lowest BCUT2D eigenvalue weighted by molar-refractivity contribution is 0.0111. The molecule has 25 heavy (non-hydrogen) atoms. The van der Waals surface area contributed by atoms with Crippen LogP contribution in [0.2, 0.25) is 0 Å². The standard InChI is InChI=1S/C18H20N2O5/c1-18-8-12(11-7-10(23-4)5-6-13(11)24-9-18)14-15(21)19(2)17(22)20(3)16(14)25-18/h5-7,12H,8-9H2,1-4H3/t12-,18+/m1/s1. The Hall–Kier alpha value is -2.70. The molecule has 7 nitrogen and oxygen atoms in total. The number of benzene rings is 1. The van der Waals surface area contributed by atoms with Gasteiger partial charge in [-0.1, -0.05) is 0 Å². The van der Waals surface area contributed by atoms with Gasteiger partial charge in [-0.25, -0.2) is 4.79 Å². The summed E-state index contributed by atoms with van der Waals surface area (Å²) < 4.78 is 19.9. The van der Waals surface area contributed by atoms with Crippen LogP contribution in [0.25, 0.3) is 0 Å². The van der Waals surface area contributed by atoms with E-state index in [-0.39, 0.29) is 11.5 Å². The topological polar surface area (TPSA) is 71.7 Å². The summed E-state index contributed by atoms with van der Waals surface area (Å²) >= 11 is 0. The van der Waals surface area contributed by atoms with Gasteiger partial charge < -0.3 is 14.2 Å². The van der Waals surface area contributed by atoms with Crippen molar-refractivity contribution in [3.05, 3.63) is 50.2 Å². The molecule has 0 fully saturated rings. The van der Waals surface area contributed by atoms with Crippen LogP contribution >= 0.6 is 0 Å². The normalized spacial score (nSPS) is 23.6. The molecule has 2 aromatic rings. The van der Waals surface area contributed by atoms with E-state index in [2.05, 4.69) is 0 Å². The first-order valence-electron chi connectivity index (χ1n) is 8.14. The van der Waals surface area contributed by atoms with Gasteiger partial charge >= 0.3 is 5.69 Å². The Balaban J connectivity index is 2.06. The van der Waals surface area contributed by atoms with E-state index in [1.165, 1.54) is 11.6 Å². The van der Waals surface area contributed by atoms with Gasteiger partial charge in [0.25, 0.3) is 5.56 Å². The molecule has 1 aromatic carbocycles. The Bertz CT molecular complexity index is 990. The smallest absolute Gasteiger partial charge is 0.333 e. The van der Waals surface area contributed by atoms with Crippen LogP contribution in [0.15, 0.2) is 27.8 Å². The lowest BCUT2D eigenvalue weighted by Gasteiger charge is -2.37. The fourth-order valence-corrected chi connectivity index (χ4v) is 3.72. The molecule has 2 aliphatic heterocycles. The number of nitrogens with zero attached hydrogens (tertiary/aromatic N) is 2. The fraction of sp³-hybridized carbons (Fsp3) is 0.444. The van der Waals surface area contributed by atoms with E-state index in [0.29, 0.717) is 36.0 Å². The van der Waals surface area contributed by atoms with Crippen molar-refractivity contribution in [2.24, 2.45) is 14.1 Å². The number of rotatable bonds is 1. The average molecular weight is 344 g/mol. The molecule has 7 heteroatoms. The monoisotopic (exact) mass is 344 g/mol. The molecule has 0 amide bonds. The van der Waals surface area contributed by atoms with Gasteiger partial charge in [-0.05, 0) is 25.1 Å². The van der Waals surface area contributed by atoms with Gasteiger partial charge in [-0.3, -0.25) is 13.9 Å². The zero-order valence-corrected chi connectivity index (χ0v) is 14.7. The molecule has 0 N–H and O–H groups in total. The molecule has 2 aliphatic rings. The van der Waals surface area contributed by atoms with E-state index in [0.717, 1.165) is 10.1 Å². The van der Waals surface area contributed by atoms with Crippen LogP contribution in [0, 0.1) is 0 Å². The van der Waals surface area contributed by atoms with Gasteiger partial charge in [-0.15, -0.1) is 0 Å². The van der Waals surface area contributed by atoms with Crippen molar-refractivity contribution in [3.63, 3.8) is 0 Å². The number of aromatic nitrogens is 2. The Labute approximate surface area is 144 Å². The number of fused-ring (bicyclic) bond motifs is 6. The molecule has 4 rings (SSSR count). The van der Waals surface area contributed by atoms with Crippen molar-refractivity contribution < 1.29 is 14.2 Å². The minimum atomic E-state index is -0.625. The highest BCUT2D eigenvalue weighted by molar-refractivity contribution is 5.50. The van der Waals surface area contributed by atoms with E-state index < -0.39 is 11.3 Å². The predicted molar refractivity (Wildman–Crippen MR) is 90.9 cm³/mol. The number of methoxy groups -OCH3 is 1. The zero-order chi connectivity index (χ0) is 17.9. The van der Waals surface area contributed by atoms with Crippen LogP contribution in [0.5, 0.6) is 17.4 Å². The second kappa shape index (κ2) is 5.15. The summed E-state index contributed by atoms with van der Waals surface area (Å²) in [6.07, 6.45) is 0.591. The van der Waals surface area contributed by atoms with Crippen molar-refractivity contribution >= 4 is 0 Å². The van der Waals surface area contributed by atoms with Gasteiger partial charge in [0.05, 0.1) is 12.7 Å². The fourth-order valence-electron chi connectivity index (χ4n) is 3.72. The molecule has 1 aromatic heterocycles. The summed E-state index contributed by atoms with van der Waals surface area (Å²) in [5, 5.41) is 0. The molecule has 0 saturated carbocycles. The summed E-state index contributed by atoms with van der Waals surface area (Å²) in [7, 11) is 4.71. The minimum absolute atomic E-state index is 0.230. The maximum Gasteiger partial charge on any atom is 0.333 e. The molecular formula is C18H20N2O5. The van der Waals surface area contributed by atoms with Crippen LogP contribution < -0.4 is 25.5 Å². The third kappa shape index (κ3) is 2.18. The summed E-state index contributed by atoms with van der Waals surface area (Å²) in [4.78, 5) is 25.2. The van der Waals surface area contributed by atoms with E-state index in [1.807, 2.05) is 25.1 Å². The highest BCUT2D eigenvalue weighted by Crippen LogP contribution is 2.47. The molecule has 0 unspecified atom stereocenters. The first kappa shape index (κ1) is 15.8. The van der Waals surface area contributed by atoms with Crippen molar-refractivity contribution in [2.45, 2.75) is 24.9 Å². The molecule has 3 heterocycles. The van der Waals surface area contributed by atoms with E-state index in [9.17, 15) is 9.59 Å². The first-order valence-corrected chi connectivity index (χ1v) is 8.14. The lowest BCUT2D eigenvalue weighted by atomic mass is 9.81. The van der Waals surface area contributed by atoms with Crippen molar-refractivity contribution in [1.82, 2.24) is 9.13 Å². The summed E-state index contributed by atoms with van der Waals surface area (Å²) in [5.41, 5.74) is 0.00424. The molecule has 2 bridgehead atoms. The van der Waals surface area contributed by atoms with E-state index >= 15 is 0 Å². The maximum absolute atomic E-state index is 12.9. The highest BCUT2D eigenvalue weighted by Gasteiger charge is 2.45. The Morgan fingerprint density at radius 1 is 1.24 bits per heavy atom. The largest absolute Gasteiger partial charge is 0.497 e. The van der Waals surface area contributed by atoms with Crippen molar-refractivity contribution in [2.75, 3.05) is 13.7 Å². The van der Waals surface area contributed by atoms with E-state index in [1.54, 1.807) is 14.2 Å². The number of ether oxygens (including phenoxy) is 3. The van der Waals surface area contributed by atoms with Crippen LogP contribution in [-0.4, -0.2) is 28.5 Å². The Morgan fingerprint density at radius 3 is 2.72 bits per heavy atom. The van der Waals surface area contributed by atoms with Crippen molar-refractivity contribution in [3.8, 4) is 17.4 Å². The quantitative estimate of drug-likeness (QED) is 0.776. The van der Waals surface area contributed by atoms with Crippen LogP contribution in [0.4, 0.5) is 0 Å². The lowest BCUT2D eigenvalue weighted by Crippen LogP contribution is -2.49. The molecule has 0 radical (unpaired) electrons. The second-order valence-corrected chi connectivity index (χ2v) is 6.93. The average Bonchev–Trinajstić information content (AvgIpc) is 2.72. The third-order valence-electron chi connectivity index (χ3n) is 5.10. The van der Waals surface area contributed by atoms with Crippen molar-refractivity contribution in [1.29, 1.82) is 0 Å². The SMILES string of the molecule is COc1ccc2c(c1)[C@H]1C[C@@](C)(CO2)Oc2c1c(=O)n(C)c(=O)n2C. The number of hydrogen-bond acceptors (Lipinski definition) is 5. The summed E-state index contributed by atoms with van der Waals surface area (Å²) in [6, 6.07) is 5.58. The van der Waals surface area contributed by atoms with Gasteiger partial charge in [0.15, 0.2) is 0 Å². The second-order valence-electron chi connectivity index (χ2n) is 6.93. The highest BCUT2D eigenvalue weighted by atomic mass is 16.6. The van der Waals surface area contributed by atoms with Gasteiger partial charge in [0, 0.05) is 32.0 Å². The van der Waals surface area contributed by atoms with Gasteiger partial charge in [0.1, 0.15) is 23.7 Å². The summed E-state index contributed by atoms with van der Waals surface area (Å²) in [5.74, 6) is 1.50. The molecule has 2 atom stereocenters.